The third-order valence-electron chi connectivity index (χ3n) is 4.79. The molecule has 1 aromatic rings. The average molecular weight is 577 g/mol. The second kappa shape index (κ2) is 13.2. The van der Waals surface area contributed by atoms with Crippen LogP contribution >= 0.6 is 47.2 Å². The zero-order chi connectivity index (χ0) is 20.6. The first kappa shape index (κ1) is 26.7. The molecule has 0 spiro atoms. The van der Waals surface area contributed by atoms with E-state index in [-0.39, 0.29) is 35.8 Å². The number of benzene rings is 1. The van der Waals surface area contributed by atoms with Gasteiger partial charge in [-0.2, -0.15) is 0 Å². The van der Waals surface area contributed by atoms with Crippen LogP contribution in [0.1, 0.15) is 38.7 Å². The van der Waals surface area contributed by atoms with Crippen LogP contribution in [-0.4, -0.2) is 56.7 Å². The van der Waals surface area contributed by atoms with Crippen LogP contribution < -0.4 is 10.6 Å². The minimum absolute atomic E-state index is 0. The van der Waals surface area contributed by atoms with Gasteiger partial charge in [0.15, 0.2) is 5.96 Å². The van der Waals surface area contributed by atoms with Gasteiger partial charge >= 0.3 is 0 Å². The van der Waals surface area contributed by atoms with Crippen molar-refractivity contribution in [3.05, 3.63) is 33.8 Å². The van der Waals surface area contributed by atoms with Crippen LogP contribution in [0.4, 0.5) is 0 Å². The van der Waals surface area contributed by atoms with Crippen LogP contribution in [-0.2, 0) is 16.4 Å². The van der Waals surface area contributed by atoms with Gasteiger partial charge in [-0.25, -0.2) is 12.7 Å². The molecule has 2 rings (SSSR count). The Morgan fingerprint density at radius 3 is 2.52 bits per heavy atom. The summed E-state index contributed by atoms with van der Waals surface area (Å²) in [6.07, 6.45) is 3.28. The van der Waals surface area contributed by atoms with Gasteiger partial charge in [-0.3, -0.25) is 4.99 Å². The maximum absolute atomic E-state index is 12.0. The maximum Gasteiger partial charge on any atom is 0.213 e. The number of halogens is 3. The summed E-state index contributed by atoms with van der Waals surface area (Å²) in [4.78, 5) is 4.65. The summed E-state index contributed by atoms with van der Waals surface area (Å²) in [6.45, 7) is 6.29. The number of nitrogens with one attached hydrogen (secondary N) is 2. The molecule has 0 aliphatic carbocycles. The van der Waals surface area contributed by atoms with E-state index in [9.17, 15) is 8.42 Å². The van der Waals surface area contributed by atoms with Gasteiger partial charge in [-0.15, -0.1) is 24.0 Å². The molecule has 6 nitrogen and oxygen atoms in total. The van der Waals surface area contributed by atoms with E-state index < -0.39 is 10.0 Å². The molecule has 10 heteroatoms. The molecule has 29 heavy (non-hydrogen) atoms. The van der Waals surface area contributed by atoms with Gasteiger partial charge in [0, 0.05) is 42.3 Å². The van der Waals surface area contributed by atoms with E-state index in [1.165, 1.54) is 0 Å². The number of guanidine groups is 1. The summed E-state index contributed by atoms with van der Waals surface area (Å²) >= 11 is 12.1. The summed E-state index contributed by atoms with van der Waals surface area (Å²) in [7, 11) is -3.09. The van der Waals surface area contributed by atoms with Crippen LogP contribution in [0.25, 0.3) is 0 Å². The van der Waals surface area contributed by atoms with Crippen molar-refractivity contribution in [3.63, 3.8) is 0 Å². The zero-order valence-corrected chi connectivity index (χ0v) is 21.6. The van der Waals surface area contributed by atoms with E-state index in [0.717, 1.165) is 43.8 Å². The topological polar surface area (TPSA) is 73.8 Å². The Bertz CT molecular complexity index is 769. The molecule has 0 saturated carbocycles. The monoisotopic (exact) mass is 576 g/mol. The fourth-order valence-corrected chi connectivity index (χ4v) is 4.79. The second-order valence-corrected chi connectivity index (χ2v) is 9.92. The maximum atomic E-state index is 12.0. The van der Waals surface area contributed by atoms with Gasteiger partial charge in [0.25, 0.3) is 0 Å². The van der Waals surface area contributed by atoms with Crippen molar-refractivity contribution in [2.24, 2.45) is 4.99 Å². The van der Waals surface area contributed by atoms with Crippen molar-refractivity contribution < 1.29 is 8.42 Å². The molecule has 0 aromatic heterocycles. The van der Waals surface area contributed by atoms with E-state index in [1.54, 1.807) is 17.3 Å². The number of hydrogen-bond acceptors (Lipinski definition) is 3. The van der Waals surface area contributed by atoms with Gasteiger partial charge < -0.3 is 10.6 Å². The molecule has 0 radical (unpaired) electrons. The highest BCUT2D eigenvalue weighted by molar-refractivity contribution is 14.0. The Labute approximate surface area is 201 Å². The van der Waals surface area contributed by atoms with E-state index in [1.807, 2.05) is 19.1 Å². The molecule has 1 aliphatic heterocycles. The Balaban J connectivity index is 0.00000420. The fourth-order valence-electron chi connectivity index (χ4n) is 3.16. The molecular weight excluding hydrogens is 546 g/mol. The lowest BCUT2D eigenvalue weighted by Gasteiger charge is -2.32. The molecule has 1 aliphatic rings. The quantitative estimate of drug-likeness (QED) is 0.213. The third kappa shape index (κ3) is 8.77. The minimum atomic E-state index is -3.09. The van der Waals surface area contributed by atoms with Gasteiger partial charge in [0.2, 0.25) is 10.0 Å². The highest BCUT2D eigenvalue weighted by Gasteiger charge is 2.26. The van der Waals surface area contributed by atoms with Crippen molar-refractivity contribution in [3.8, 4) is 0 Å². The Morgan fingerprint density at radius 2 is 1.93 bits per heavy atom. The molecule has 2 N–H and O–H groups in total. The molecule has 1 aromatic carbocycles. The molecule has 0 amide bonds. The molecule has 166 valence electrons. The first-order valence-corrected chi connectivity index (χ1v) is 12.2. The van der Waals surface area contributed by atoms with Gasteiger partial charge in [-0.05, 0) is 57.2 Å². The molecular formula is C19H31Cl2IN4O2S. The summed E-state index contributed by atoms with van der Waals surface area (Å²) in [5.74, 6) is 0.939. The van der Waals surface area contributed by atoms with E-state index in [4.69, 9.17) is 23.2 Å². The highest BCUT2D eigenvalue weighted by atomic mass is 127. The van der Waals surface area contributed by atoms with Crippen molar-refractivity contribution in [2.45, 2.75) is 45.6 Å². The summed E-state index contributed by atoms with van der Waals surface area (Å²) in [5, 5.41) is 8.03. The third-order valence-corrected chi connectivity index (χ3v) is 7.25. The number of nitrogens with zero attached hydrogens (tertiary/aromatic N) is 2. The number of piperidine rings is 1. The van der Waals surface area contributed by atoms with Crippen LogP contribution in [0.2, 0.25) is 10.0 Å². The number of hydrogen-bond donors (Lipinski definition) is 2. The zero-order valence-electron chi connectivity index (χ0n) is 17.0. The molecule has 0 unspecified atom stereocenters. The predicted octanol–water partition coefficient (Wildman–Crippen LogP) is 3.91. The first-order valence-electron chi connectivity index (χ1n) is 9.82. The van der Waals surface area contributed by atoms with E-state index >= 15 is 0 Å². The van der Waals surface area contributed by atoms with Crippen LogP contribution in [0.5, 0.6) is 0 Å². The first-order chi connectivity index (χ1) is 13.4. The number of rotatable bonds is 8. The van der Waals surface area contributed by atoms with Crippen LogP contribution in [0.15, 0.2) is 23.2 Å². The van der Waals surface area contributed by atoms with Crippen LogP contribution in [0.3, 0.4) is 0 Å². The molecule has 1 fully saturated rings. The molecule has 0 atom stereocenters. The fraction of sp³-hybridized carbons (Fsp3) is 0.632. The SMILES string of the molecule is CCNC(=NCCCc1ccc(Cl)cc1Cl)NC1CCN(S(=O)(=O)CC)CC1.I. The van der Waals surface area contributed by atoms with Crippen molar-refractivity contribution >= 4 is 63.2 Å². The molecule has 1 saturated heterocycles. The number of sulfonamides is 1. The van der Waals surface area contributed by atoms with Crippen molar-refractivity contribution in [1.29, 1.82) is 0 Å². The van der Waals surface area contributed by atoms with Crippen molar-refractivity contribution in [2.75, 3.05) is 31.9 Å². The van der Waals surface area contributed by atoms with Gasteiger partial charge in [0.1, 0.15) is 0 Å². The second-order valence-electron chi connectivity index (χ2n) is 6.82. The number of aliphatic imine (C=N–C) groups is 1. The normalized spacial score (nSPS) is 16.3. The summed E-state index contributed by atoms with van der Waals surface area (Å²) < 4.78 is 25.5. The Kier molecular flexibility index (Phi) is 12.2. The lowest BCUT2D eigenvalue weighted by atomic mass is 10.1. The molecule has 0 bridgehead atoms. The van der Waals surface area contributed by atoms with E-state index in [0.29, 0.717) is 29.7 Å². The Morgan fingerprint density at radius 1 is 1.24 bits per heavy atom. The highest BCUT2D eigenvalue weighted by Crippen LogP contribution is 2.22. The minimum Gasteiger partial charge on any atom is -0.357 e. The van der Waals surface area contributed by atoms with Crippen LogP contribution in [0, 0.1) is 0 Å². The Hall–Kier alpha value is -0.290. The van der Waals surface area contributed by atoms with E-state index in [2.05, 4.69) is 15.6 Å². The summed E-state index contributed by atoms with van der Waals surface area (Å²) in [6, 6.07) is 5.80. The van der Waals surface area contributed by atoms with Gasteiger partial charge in [0.05, 0.1) is 5.75 Å². The lowest BCUT2D eigenvalue weighted by molar-refractivity contribution is 0.306. The van der Waals surface area contributed by atoms with Gasteiger partial charge in [-0.1, -0.05) is 29.3 Å². The smallest absolute Gasteiger partial charge is 0.213 e. The largest absolute Gasteiger partial charge is 0.357 e. The molecule has 1 heterocycles. The summed E-state index contributed by atoms with van der Waals surface area (Å²) in [5.41, 5.74) is 1.07. The predicted molar refractivity (Wildman–Crippen MR) is 133 cm³/mol. The lowest BCUT2D eigenvalue weighted by Crippen LogP contribution is -2.50. The average Bonchev–Trinajstić information content (AvgIpc) is 2.67. The van der Waals surface area contributed by atoms with Crippen molar-refractivity contribution in [1.82, 2.24) is 14.9 Å². The standard InChI is InChI=1S/C19H30Cl2N4O2S.HI/c1-3-22-19(23-11-5-6-15-7-8-16(20)14-18(15)21)24-17-9-12-25(13-10-17)28(26,27)4-2;/h7-8,14,17H,3-6,9-13H2,1-2H3,(H2,22,23,24);1H. The number of aryl methyl sites for hydroxylation is 1.